The number of benzene rings is 1. The Labute approximate surface area is 118 Å². The summed E-state index contributed by atoms with van der Waals surface area (Å²) in [6.45, 7) is 7.47. The van der Waals surface area contributed by atoms with E-state index in [1.165, 1.54) is 16.3 Å². The van der Waals surface area contributed by atoms with E-state index in [1.807, 2.05) is 0 Å². The number of Topliss-reactive ketones (excluding diaryl/α,β-unsaturated/α-hetero) is 2. The zero-order valence-electron chi connectivity index (χ0n) is 12.2. The molecule has 2 radical (unpaired) electrons. The maximum Gasteiger partial charge on any atom is 0.132 e. The summed E-state index contributed by atoms with van der Waals surface area (Å²) in [6.07, 6.45) is 1.21. The number of ketones is 2. The molecular weight excluding hydrogens is 252 g/mol. The lowest BCUT2D eigenvalue weighted by molar-refractivity contribution is -0.121. The molecule has 1 rings (SSSR count). The zero-order chi connectivity index (χ0) is 14.4. The first kappa shape index (κ1) is 15.8. The molecule has 0 aromatic heterocycles. The second-order valence-corrected chi connectivity index (χ2v) is 6.48. The Morgan fingerprint density at radius 2 is 1.89 bits per heavy atom. The number of carbonyl (C=O) groups is 2. The molecule has 1 aromatic rings. The number of rotatable bonds is 7. The van der Waals surface area contributed by atoms with Gasteiger partial charge in [0.2, 0.25) is 0 Å². The van der Waals surface area contributed by atoms with Gasteiger partial charge in [-0.3, -0.25) is 4.79 Å². The first-order valence-electron chi connectivity index (χ1n) is 6.71. The van der Waals surface area contributed by atoms with E-state index in [9.17, 15) is 9.59 Å². The summed E-state index contributed by atoms with van der Waals surface area (Å²) in [5.41, 5.74) is 2.63. The fourth-order valence-electron chi connectivity index (χ4n) is 2.00. The van der Waals surface area contributed by atoms with Crippen LogP contribution in [-0.4, -0.2) is 21.1 Å². The van der Waals surface area contributed by atoms with E-state index < -0.39 is 0 Å². The molecule has 0 saturated heterocycles. The van der Waals surface area contributed by atoms with Crippen molar-refractivity contribution in [3.05, 3.63) is 29.3 Å². The van der Waals surface area contributed by atoms with Crippen LogP contribution in [-0.2, 0) is 9.59 Å². The first-order chi connectivity index (χ1) is 8.91. The molecule has 102 valence electrons. The Bertz CT molecular complexity index is 466. The second kappa shape index (κ2) is 7.39. The first-order valence-corrected chi connectivity index (χ1v) is 7.92. The lowest BCUT2D eigenvalue weighted by Gasteiger charge is -2.14. The van der Waals surface area contributed by atoms with Gasteiger partial charge in [-0.15, -0.1) is 0 Å². The molecule has 1 unspecified atom stereocenters. The Balaban J connectivity index is 2.63. The molecule has 19 heavy (non-hydrogen) atoms. The largest absolute Gasteiger partial charge is 0.300 e. The zero-order valence-corrected chi connectivity index (χ0v) is 13.2. The Hall–Kier alpha value is -1.22. The van der Waals surface area contributed by atoms with Gasteiger partial charge in [-0.25, -0.2) is 0 Å². The third-order valence-corrected chi connectivity index (χ3v) is 5.18. The van der Waals surface area contributed by atoms with Crippen LogP contribution in [0.15, 0.2) is 18.2 Å². The predicted molar refractivity (Wildman–Crippen MR) is 80.2 cm³/mol. The average Bonchev–Trinajstić information content (AvgIpc) is 2.33. The summed E-state index contributed by atoms with van der Waals surface area (Å²) < 4.78 is 0. The molecule has 0 aliphatic heterocycles. The lowest BCUT2D eigenvalue weighted by atomic mass is 10.0. The van der Waals surface area contributed by atoms with E-state index in [0.717, 1.165) is 6.04 Å². The molecule has 1 aromatic carbocycles. The molecule has 3 heteroatoms. The number of hydrogen-bond acceptors (Lipinski definition) is 2. The van der Waals surface area contributed by atoms with Crippen molar-refractivity contribution in [3.8, 4) is 0 Å². The molecule has 0 N–H and O–H groups in total. The molecule has 0 amide bonds. The van der Waals surface area contributed by atoms with Crippen LogP contribution < -0.4 is 5.19 Å². The van der Waals surface area contributed by atoms with Crippen LogP contribution in [0.1, 0.15) is 37.8 Å². The van der Waals surface area contributed by atoms with E-state index in [1.54, 1.807) is 13.8 Å². The van der Waals surface area contributed by atoms with Gasteiger partial charge >= 0.3 is 0 Å². The minimum atomic E-state index is 0.0298. The van der Waals surface area contributed by atoms with Gasteiger partial charge in [0.1, 0.15) is 11.6 Å². The second-order valence-electron chi connectivity index (χ2n) is 5.18. The standard InChI is InChI=1S/C16H22O2Si/c1-11-6-5-7-16(13(11)3)19-10-15(14(4)18)9-8-12(2)17/h5-7,15H,8-10H2,1-4H3. The van der Waals surface area contributed by atoms with Crippen LogP contribution in [0.25, 0.3) is 0 Å². The summed E-state index contributed by atoms with van der Waals surface area (Å²) in [4.78, 5) is 22.7. The van der Waals surface area contributed by atoms with Gasteiger partial charge in [0.15, 0.2) is 0 Å². The normalized spacial score (nSPS) is 12.2. The van der Waals surface area contributed by atoms with Crippen molar-refractivity contribution < 1.29 is 9.59 Å². The summed E-state index contributed by atoms with van der Waals surface area (Å²) in [5.74, 6) is 0.405. The fourth-order valence-corrected chi connectivity index (χ4v) is 3.64. The van der Waals surface area contributed by atoms with E-state index in [-0.39, 0.29) is 17.5 Å². The minimum absolute atomic E-state index is 0.0298. The van der Waals surface area contributed by atoms with Crippen molar-refractivity contribution in [2.24, 2.45) is 5.92 Å². The third-order valence-electron chi connectivity index (χ3n) is 3.56. The van der Waals surface area contributed by atoms with Crippen LogP contribution >= 0.6 is 0 Å². The van der Waals surface area contributed by atoms with Crippen molar-refractivity contribution in [3.63, 3.8) is 0 Å². The van der Waals surface area contributed by atoms with Crippen LogP contribution in [0.3, 0.4) is 0 Å². The number of aryl methyl sites for hydroxylation is 1. The Kier molecular flexibility index (Phi) is 6.16. The van der Waals surface area contributed by atoms with Crippen LogP contribution in [0.4, 0.5) is 0 Å². The van der Waals surface area contributed by atoms with Gasteiger partial charge in [-0.2, -0.15) is 0 Å². The Morgan fingerprint density at radius 3 is 2.47 bits per heavy atom. The van der Waals surface area contributed by atoms with E-state index in [2.05, 4.69) is 32.0 Å². The van der Waals surface area contributed by atoms with Gasteiger partial charge < -0.3 is 4.79 Å². The maximum atomic E-state index is 11.6. The molecule has 2 nitrogen and oxygen atoms in total. The smallest absolute Gasteiger partial charge is 0.132 e. The topological polar surface area (TPSA) is 34.1 Å². The molecule has 0 aliphatic carbocycles. The summed E-state index contributed by atoms with van der Waals surface area (Å²) in [7, 11) is 0.644. The van der Waals surface area contributed by atoms with Gasteiger partial charge in [0, 0.05) is 12.3 Å². The van der Waals surface area contributed by atoms with Crippen LogP contribution in [0, 0.1) is 19.8 Å². The molecular formula is C16H22O2Si. The van der Waals surface area contributed by atoms with Crippen molar-refractivity contribution in [1.82, 2.24) is 0 Å². The lowest BCUT2D eigenvalue weighted by Crippen LogP contribution is -2.23. The molecule has 1 atom stereocenters. The maximum absolute atomic E-state index is 11.6. The summed E-state index contributed by atoms with van der Waals surface area (Å²) >= 11 is 0. The highest BCUT2D eigenvalue weighted by atomic mass is 28.2. The summed E-state index contributed by atoms with van der Waals surface area (Å²) in [6, 6.07) is 7.19. The fraction of sp³-hybridized carbons (Fsp3) is 0.500. The molecule has 0 bridgehead atoms. The highest BCUT2D eigenvalue weighted by Crippen LogP contribution is 2.14. The van der Waals surface area contributed by atoms with Crippen LogP contribution in [0.5, 0.6) is 0 Å². The van der Waals surface area contributed by atoms with Crippen LogP contribution in [0.2, 0.25) is 6.04 Å². The average molecular weight is 274 g/mol. The van der Waals surface area contributed by atoms with Gasteiger partial charge in [0.05, 0.1) is 9.52 Å². The highest BCUT2D eigenvalue weighted by molar-refractivity contribution is 6.54. The third kappa shape index (κ3) is 5.11. The van der Waals surface area contributed by atoms with Crippen molar-refractivity contribution in [2.75, 3.05) is 0 Å². The van der Waals surface area contributed by atoms with Gasteiger partial charge in [0.25, 0.3) is 0 Å². The number of hydrogen-bond donors (Lipinski definition) is 0. The highest BCUT2D eigenvalue weighted by Gasteiger charge is 2.16. The van der Waals surface area contributed by atoms with Gasteiger partial charge in [-0.1, -0.05) is 23.4 Å². The number of carbonyl (C=O) groups excluding carboxylic acids is 2. The monoisotopic (exact) mass is 274 g/mol. The predicted octanol–water partition coefficient (Wildman–Crippen LogP) is 2.63. The molecule has 0 saturated carbocycles. The summed E-state index contributed by atoms with van der Waals surface area (Å²) in [5, 5.41) is 1.34. The molecule has 0 aliphatic rings. The Morgan fingerprint density at radius 1 is 1.21 bits per heavy atom. The molecule has 0 spiro atoms. The van der Waals surface area contributed by atoms with Gasteiger partial charge in [-0.05, 0) is 51.3 Å². The molecule has 0 heterocycles. The quantitative estimate of drug-likeness (QED) is 0.716. The molecule has 0 fully saturated rings. The van der Waals surface area contributed by atoms with Crippen molar-refractivity contribution >= 4 is 26.3 Å². The van der Waals surface area contributed by atoms with E-state index >= 15 is 0 Å². The van der Waals surface area contributed by atoms with E-state index in [0.29, 0.717) is 22.4 Å². The van der Waals surface area contributed by atoms with Crippen molar-refractivity contribution in [2.45, 2.75) is 46.6 Å². The SMILES string of the molecule is CC(=O)CCC(C[Si]c1cccc(C)c1C)C(C)=O. The minimum Gasteiger partial charge on any atom is -0.300 e. The van der Waals surface area contributed by atoms with E-state index in [4.69, 9.17) is 0 Å². The van der Waals surface area contributed by atoms with Crippen molar-refractivity contribution in [1.29, 1.82) is 0 Å².